The summed E-state index contributed by atoms with van der Waals surface area (Å²) >= 11 is 0. The van der Waals surface area contributed by atoms with Crippen LogP contribution in [0, 0.1) is 0 Å². The normalized spacial score (nSPS) is 25.6. The number of nitrogens with zero attached hydrogens (tertiary/aromatic N) is 2. The predicted octanol–water partition coefficient (Wildman–Crippen LogP) is 1.49. The first-order valence-corrected chi connectivity index (χ1v) is 4.87. The van der Waals surface area contributed by atoms with Crippen molar-refractivity contribution in [2.45, 2.75) is 25.4 Å². The third-order valence-electron chi connectivity index (χ3n) is 2.99. The summed E-state index contributed by atoms with van der Waals surface area (Å²) in [7, 11) is 0. The van der Waals surface area contributed by atoms with Gasteiger partial charge in [-0.15, -0.1) is 0 Å². The molecule has 2 aromatic heterocycles. The molecular formula is C11H12N2O. The summed E-state index contributed by atoms with van der Waals surface area (Å²) in [4.78, 5) is 4.46. The second-order valence-corrected chi connectivity index (χ2v) is 4.11. The highest BCUT2D eigenvalue weighted by Gasteiger charge is 2.36. The van der Waals surface area contributed by atoms with E-state index in [1.807, 2.05) is 31.3 Å². The first-order valence-electron chi connectivity index (χ1n) is 4.87. The number of pyridine rings is 1. The van der Waals surface area contributed by atoms with Crippen LogP contribution in [-0.4, -0.2) is 14.5 Å². The Balaban J connectivity index is 2.37. The Morgan fingerprint density at radius 2 is 2.36 bits per heavy atom. The van der Waals surface area contributed by atoms with Crippen LogP contribution >= 0.6 is 0 Å². The summed E-state index contributed by atoms with van der Waals surface area (Å²) in [5.74, 6) is 0. The van der Waals surface area contributed by atoms with E-state index in [2.05, 4.69) is 9.38 Å². The molecule has 0 spiro atoms. The molecule has 3 rings (SSSR count). The second-order valence-electron chi connectivity index (χ2n) is 4.11. The standard InChI is InChI=1S/C11H12N2O/c1-11(14)6-5-8-10(11)12-9-4-2-3-7-13(8)9/h2-4,7,14H,5-6H2,1H3. The molecule has 3 heteroatoms. The largest absolute Gasteiger partial charge is 0.384 e. The SMILES string of the molecule is CC1(O)CCc2c1nc1ccccn21. The summed E-state index contributed by atoms with van der Waals surface area (Å²) in [6, 6.07) is 5.92. The fraction of sp³-hybridized carbons (Fsp3) is 0.364. The van der Waals surface area contributed by atoms with Crippen molar-refractivity contribution in [3.63, 3.8) is 0 Å². The van der Waals surface area contributed by atoms with Gasteiger partial charge in [0.25, 0.3) is 0 Å². The third-order valence-corrected chi connectivity index (χ3v) is 2.99. The first kappa shape index (κ1) is 8.00. The Kier molecular flexibility index (Phi) is 1.35. The van der Waals surface area contributed by atoms with Gasteiger partial charge in [0.2, 0.25) is 0 Å². The van der Waals surface area contributed by atoms with E-state index in [1.54, 1.807) is 0 Å². The van der Waals surface area contributed by atoms with Gasteiger partial charge in [-0.25, -0.2) is 4.98 Å². The van der Waals surface area contributed by atoms with E-state index in [4.69, 9.17) is 0 Å². The van der Waals surface area contributed by atoms with Crippen molar-refractivity contribution in [3.05, 3.63) is 35.8 Å². The van der Waals surface area contributed by atoms with Crippen molar-refractivity contribution in [1.82, 2.24) is 9.38 Å². The van der Waals surface area contributed by atoms with Crippen LogP contribution in [0.2, 0.25) is 0 Å². The molecule has 0 aromatic carbocycles. The predicted molar refractivity (Wildman–Crippen MR) is 53.1 cm³/mol. The van der Waals surface area contributed by atoms with Crippen LogP contribution in [0.25, 0.3) is 5.65 Å². The van der Waals surface area contributed by atoms with Gasteiger partial charge in [-0.2, -0.15) is 0 Å². The highest BCUT2D eigenvalue weighted by Crippen LogP contribution is 2.35. The zero-order valence-electron chi connectivity index (χ0n) is 8.07. The van der Waals surface area contributed by atoms with E-state index in [-0.39, 0.29) is 0 Å². The molecule has 72 valence electrons. The number of aryl methyl sites for hydroxylation is 1. The van der Waals surface area contributed by atoms with Gasteiger partial charge in [-0.3, -0.25) is 0 Å². The first-order chi connectivity index (χ1) is 6.68. The lowest BCUT2D eigenvalue weighted by Gasteiger charge is -2.13. The van der Waals surface area contributed by atoms with Gasteiger partial charge in [0, 0.05) is 11.9 Å². The summed E-state index contributed by atoms with van der Waals surface area (Å²) in [6.45, 7) is 1.84. The van der Waals surface area contributed by atoms with E-state index >= 15 is 0 Å². The van der Waals surface area contributed by atoms with Crippen LogP contribution in [0.5, 0.6) is 0 Å². The average molecular weight is 188 g/mol. The number of imidazole rings is 1. The van der Waals surface area contributed by atoms with Gasteiger partial charge < -0.3 is 9.51 Å². The maximum Gasteiger partial charge on any atom is 0.137 e. The highest BCUT2D eigenvalue weighted by molar-refractivity contribution is 5.46. The minimum absolute atomic E-state index is 0.735. The van der Waals surface area contributed by atoms with Gasteiger partial charge >= 0.3 is 0 Å². The molecule has 0 saturated heterocycles. The van der Waals surface area contributed by atoms with Gasteiger partial charge in [0.1, 0.15) is 11.2 Å². The molecule has 0 bridgehead atoms. The van der Waals surface area contributed by atoms with Crippen LogP contribution in [0.4, 0.5) is 0 Å². The molecule has 14 heavy (non-hydrogen) atoms. The van der Waals surface area contributed by atoms with Crippen molar-refractivity contribution in [2.75, 3.05) is 0 Å². The van der Waals surface area contributed by atoms with E-state index < -0.39 is 5.60 Å². The van der Waals surface area contributed by atoms with E-state index in [0.29, 0.717) is 0 Å². The lowest BCUT2D eigenvalue weighted by Crippen LogP contribution is -2.17. The third kappa shape index (κ3) is 0.876. The lowest BCUT2D eigenvalue weighted by molar-refractivity contribution is 0.0557. The molecule has 0 radical (unpaired) electrons. The van der Waals surface area contributed by atoms with Crippen molar-refractivity contribution in [2.24, 2.45) is 0 Å². The summed E-state index contributed by atoms with van der Waals surface area (Å²) in [5, 5.41) is 10.1. The molecule has 2 heterocycles. The number of aromatic nitrogens is 2. The minimum atomic E-state index is -0.735. The maximum atomic E-state index is 10.1. The summed E-state index contributed by atoms with van der Waals surface area (Å²) in [5.41, 5.74) is 2.20. The Labute approximate surface area is 82.0 Å². The fourth-order valence-electron chi connectivity index (χ4n) is 2.20. The average Bonchev–Trinajstić information content (AvgIpc) is 2.65. The molecule has 0 fully saturated rings. The maximum absolute atomic E-state index is 10.1. The molecule has 0 saturated carbocycles. The van der Waals surface area contributed by atoms with Gasteiger partial charge in [-0.05, 0) is 31.9 Å². The number of aliphatic hydroxyl groups is 1. The summed E-state index contributed by atoms with van der Waals surface area (Å²) < 4.78 is 2.07. The molecule has 2 aromatic rings. The molecule has 1 aliphatic carbocycles. The zero-order chi connectivity index (χ0) is 9.76. The summed E-state index contributed by atoms with van der Waals surface area (Å²) in [6.07, 6.45) is 3.69. The van der Waals surface area contributed by atoms with Gasteiger partial charge in [0.15, 0.2) is 0 Å². The Hall–Kier alpha value is -1.35. The zero-order valence-corrected chi connectivity index (χ0v) is 8.07. The quantitative estimate of drug-likeness (QED) is 0.680. The van der Waals surface area contributed by atoms with Gasteiger partial charge in [0.05, 0.1) is 5.69 Å². The molecule has 3 nitrogen and oxygen atoms in total. The molecular weight excluding hydrogens is 176 g/mol. The van der Waals surface area contributed by atoms with Gasteiger partial charge in [-0.1, -0.05) is 6.07 Å². The number of hydrogen-bond donors (Lipinski definition) is 1. The molecule has 1 N–H and O–H groups in total. The molecule has 0 amide bonds. The topological polar surface area (TPSA) is 37.5 Å². The van der Waals surface area contributed by atoms with Crippen molar-refractivity contribution >= 4 is 5.65 Å². The second kappa shape index (κ2) is 2.36. The van der Waals surface area contributed by atoms with Crippen molar-refractivity contribution in [1.29, 1.82) is 0 Å². The minimum Gasteiger partial charge on any atom is -0.384 e. The lowest BCUT2D eigenvalue weighted by atomic mass is 10.1. The molecule has 1 aliphatic rings. The number of fused-ring (bicyclic) bond motifs is 3. The van der Waals surface area contributed by atoms with E-state index in [9.17, 15) is 5.11 Å². The monoisotopic (exact) mass is 188 g/mol. The molecule has 1 atom stereocenters. The van der Waals surface area contributed by atoms with E-state index in [1.165, 1.54) is 0 Å². The van der Waals surface area contributed by atoms with Crippen LogP contribution < -0.4 is 0 Å². The smallest absolute Gasteiger partial charge is 0.137 e. The highest BCUT2D eigenvalue weighted by atomic mass is 16.3. The van der Waals surface area contributed by atoms with Crippen LogP contribution in [0.3, 0.4) is 0 Å². The van der Waals surface area contributed by atoms with Crippen LogP contribution in [0.15, 0.2) is 24.4 Å². The van der Waals surface area contributed by atoms with Crippen LogP contribution in [-0.2, 0) is 12.0 Å². The fourth-order valence-corrected chi connectivity index (χ4v) is 2.20. The Morgan fingerprint density at radius 1 is 1.50 bits per heavy atom. The Bertz CT molecular complexity index is 499. The van der Waals surface area contributed by atoms with Crippen LogP contribution in [0.1, 0.15) is 24.7 Å². The number of hydrogen-bond acceptors (Lipinski definition) is 2. The Morgan fingerprint density at radius 3 is 3.21 bits per heavy atom. The van der Waals surface area contributed by atoms with Crippen molar-refractivity contribution in [3.8, 4) is 0 Å². The van der Waals surface area contributed by atoms with Crippen molar-refractivity contribution < 1.29 is 5.11 Å². The number of rotatable bonds is 0. The molecule has 0 aliphatic heterocycles. The van der Waals surface area contributed by atoms with E-state index in [0.717, 1.165) is 29.9 Å². The molecule has 1 unspecified atom stereocenters.